The van der Waals surface area contributed by atoms with Gasteiger partial charge in [-0.25, -0.2) is 9.36 Å². The number of hydrogen-bond donors (Lipinski definition) is 1. The van der Waals surface area contributed by atoms with E-state index in [1.54, 1.807) is 42.9 Å². The highest BCUT2D eigenvalue weighted by Gasteiger charge is 2.32. The van der Waals surface area contributed by atoms with E-state index in [-0.39, 0.29) is 5.91 Å². The summed E-state index contributed by atoms with van der Waals surface area (Å²) in [6, 6.07) is 39.5. The molecule has 2 aliphatic heterocycles. The number of aryl methyl sites for hydroxylation is 2. The number of nitrogens with one attached hydrogen (secondary N) is 1. The Hall–Kier alpha value is -6.43. The molecule has 0 bridgehead atoms. The van der Waals surface area contributed by atoms with Crippen LogP contribution in [0.25, 0.3) is 33.9 Å². The van der Waals surface area contributed by atoms with Crippen molar-refractivity contribution in [1.82, 2.24) is 39.7 Å². The van der Waals surface area contributed by atoms with Crippen molar-refractivity contribution in [3.63, 3.8) is 0 Å². The molecule has 6 heterocycles. The van der Waals surface area contributed by atoms with Crippen LogP contribution in [0.4, 0.5) is 0 Å². The minimum Gasteiger partial charge on any atom is -0.328 e. The van der Waals surface area contributed by atoms with E-state index in [1.165, 1.54) is 28.6 Å². The van der Waals surface area contributed by atoms with Gasteiger partial charge in [-0.05, 0) is 96.2 Å². The van der Waals surface area contributed by atoms with Gasteiger partial charge >= 0.3 is 0 Å². The molecule has 4 aromatic heterocycles. The number of carbonyl (C=O) groups excluding carboxylic acids is 2. The molecule has 10 rings (SSSR count). The van der Waals surface area contributed by atoms with Crippen LogP contribution in [0, 0.1) is 0 Å². The zero-order valence-electron chi connectivity index (χ0n) is 34.7. The maximum Gasteiger partial charge on any atom is 0.256 e. The standard InChI is InChI=1S/C25H21ClN4O.C19H18ClN3.C6H4ClNO/c1-2-17-6-3-4-8-23(17)30-24(18-9-11-20(26)12-10-18)21-15-29(16-22(21)28-30)25(31)19-7-5-13-27-14-19;1-2-13-5-3-4-6-18(13)23-19(14-7-9-15(20)10-8-14)16-11-21-12-17(16)22-23;7-6(9)5-2-1-3-8-4-5/h3-14H,2,15-16H2,1H3;3-10,21H,2,11-12H2,1H3;1-4H. The summed E-state index contributed by atoms with van der Waals surface area (Å²) in [4.78, 5) is 33.0. The second-order valence-electron chi connectivity index (χ2n) is 14.9. The van der Waals surface area contributed by atoms with Crippen molar-refractivity contribution in [3.8, 4) is 33.9 Å². The van der Waals surface area contributed by atoms with Crippen LogP contribution in [0.2, 0.25) is 10.0 Å². The molecule has 0 saturated heterocycles. The van der Waals surface area contributed by atoms with Gasteiger partial charge in [-0.3, -0.25) is 19.6 Å². The first kappa shape index (κ1) is 43.2. The van der Waals surface area contributed by atoms with Crippen molar-refractivity contribution in [2.45, 2.75) is 52.9 Å². The predicted octanol–water partition coefficient (Wildman–Crippen LogP) is 11.1. The van der Waals surface area contributed by atoms with Gasteiger partial charge in [-0.15, -0.1) is 0 Å². The fraction of sp³-hybridized carbons (Fsp3) is 0.160. The largest absolute Gasteiger partial charge is 0.328 e. The highest BCUT2D eigenvalue weighted by molar-refractivity contribution is 6.67. The number of nitrogens with zero attached hydrogens (tertiary/aromatic N) is 7. The summed E-state index contributed by atoms with van der Waals surface area (Å²) in [6.07, 6.45) is 8.18. The van der Waals surface area contributed by atoms with Crippen molar-refractivity contribution in [3.05, 3.63) is 201 Å². The van der Waals surface area contributed by atoms with Gasteiger partial charge in [0.2, 0.25) is 0 Å². The zero-order valence-corrected chi connectivity index (χ0v) is 36.9. The van der Waals surface area contributed by atoms with Crippen LogP contribution in [0.15, 0.2) is 146 Å². The lowest BCUT2D eigenvalue weighted by Crippen LogP contribution is -2.26. The van der Waals surface area contributed by atoms with Crippen LogP contribution in [0.5, 0.6) is 0 Å². The summed E-state index contributed by atoms with van der Waals surface area (Å²) in [5.74, 6) is -0.0336. The van der Waals surface area contributed by atoms with Crippen LogP contribution in [0.3, 0.4) is 0 Å². The summed E-state index contributed by atoms with van der Waals surface area (Å²) >= 11 is 17.3. The number of amides is 1. The molecule has 8 aromatic rings. The van der Waals surface area contributed by atoms with Gasteiger partial charge in [0.15, 0.2) is 0 Å². The predicted molar refractivity (Wildman–Crippen MR) is 250 cm³/mol. The molecule has 0 unspecified atom stereocenters. The minimum absolute atomic E-state index is 0.0336. The third-order valence-corrected chi connectivity index (χ3v) is 11.7. The first-order valence-electron chi connectivity index (χ1n) is 20.6. The molecule has 1 amide bonds. The number of carbonyl (C=O) groups is 2. The molecule has 316 valence electrons. The molecule has 13 heteroatoms. The molecule has 1 N–H and O–H groups in total. The van der Waals surface area contributed by atoms with Crippen LogP contribution in [0.1, 0.15) is 68.2 Å². The topological polar surface area (TPSA) is 111 Å². The molecule has 4 aromatic carbocycles. The van der Waals surface area contributed by atoms with Crippen molar-refractivity contribution in [1.29, 1.82) is 0 Å². The third kappa shape index (κ3) is 9.50. The quantitative estimate of drug-likeness (QED) is 0.151. The van der Waals surface area contributed by atoms with E-state index in [2.05, 4.69) is 88.4 Å². The smallest absolute Gasteiger partial charge is 0.256 e. The molecule has 63 heavy (non-hydrogen) atoms. The van der Waals surface area contributed by atoms with E-state index in [0.29, 0.717) is 29.2 Å². The lowest BCUT2D eigenvalue weighted by molar-refractivity contribution is 0.0749. The Kier molecular flexibility index (Phi) is 13.5. The fourth-order valence-electron chi connectivity index (χ4n) is 7.83. The van der Waals surface area contributed by atoms with E-state index in [1.807, 2.05) is 52.0 Å². The number of benzene rings is 4. The van der Waals surface area contributed by atoms with E-state index in [9.17, 15) is 9.59 Å². The van der Waals surface area contributed by atoms with E-state index in [0.717, 1.165) is 76.1 Å². The number of para-hydroxylation sites is 2. The molecule has 0 spiro atoms. The Labute approximate surface area is 381 Å². The monoisotopic (exact) mass is 892 g/mol. The van der Waals surface area contributed by atoms with Gasteiger partial charge in [0, 0.05) is 70.2 Å². The van der Waals surface area contributed by atoms with E-state index >= 15 is 0 Å². The highest BCUT2D eigenvalue weighted by atomic mass is 35.5. The minimum atomic E-state index is -0.469. The van der Waals surface area contributed by atoms with Crippen LogP contribution in [-0.2, 0) is 39.0 Å². The molecule has 10 nitrogen and oxygen atoms in total. The van der Waals surface area contributed by atoms with Crippen LogP contribution >= 0.6 is 34.8 Å². The van der Waals surface area contributed by atoms with Crippen molar-refractivity contribution < 1.29 is 9.59 Å². The van der Waals surface area contributed by atoms with Gasteiger partial charge in [0.1, 0.15) is 0 Å². The molecule has 0 atom stereocenters. The second-order valence-corrected chi connectivity index (χ2v) is 16.1. The van der Waals surface area contributed by atoms with Crippen molar-refractivity contribution >= 4 is 46.0 Å². The van der Waals surface area contributed by atoms with E-state index < -0.39 is 5.24 Å². The molecular formula is C50H43Cl3N8O2. The molecule has 0 fully saturated rings. The number of rotatable bonds is 8. The first-order valence-corrected chi connectivity index (χ1v) is 21.8. The Morgan fingerprint density at radius 1 is 0.587 bits per heavy atom. The Balaban J connectivity index is 0.000000149. The average molecular weight is 894 g/mol. The molecule has 2 aliphatic rings. The SMILES string of the molecule is CCc1ccccc1-n1nc2c(c1-c1ccc(Cl)cc1)CN(C(=O)c1cccnc1)C2.CCc1ccccc1-n1nc2c(c1-c1ccc(Cl)cc1)CNC2.O=C(Cl)c1cccnc1. The third-order valence-electron chi connectivity index (χ3n) is 10.9. The van der Waals surface area contributed by atoms with Crippen LogP contribution < -0.4 is 5.32 Å². The first-order chi connectivity index (χ1) is 30.7. The number of fused-ring (bicyclic) bond motifs is 2. The maximum atomic E-state index is 13.0. The van der Waals surface area contributed by atoms with Gasteiger partial charge in [0.25, 0.3) is 11.1 Å². The van der Waals surface area contributed by atoms with Gasteiger partial charge in [-0.1, -0.05) is 97.7 Å². The number of halogens is 3. The molecule has 0 saturated carbocycles. The number of hydrogen-bond acceptors (Lipinski definition) is 7. The lowest BCUT2D eigenvalue weighted by Gasteiger charge is -2.18. The number of pyridine rings is 2. The maximum absolute atomic E-state index is 13.0. The molecular weight excluding hydrogens is 851 g/mol. The van der Waals surface area contributed by atoms with Crippen molar-refractivity contribution in [2.24, 2.45) is 0 Å². The number of aromatic nitrogens is 6. The van der Waals surface area contributed by atoms with Crippen LogP contribution in [-0.4, -0.2) is 45.6 Å². The van der Waals surface area contributed by atoms with Gasteiger partial charge in [0.05, 0.1) is 58.4 Å². The second kappa shape index (κ2) is 19.7. The van der Waals surface area contributed by atoms with Crippen molar-refractivity contribution in [2.75, 3.05) is 0 Å². The lowest BCUT2D eigenvalue weighted by atomic mass is 10.1. The Bertz CT molecular complexity index is 2860. The summed E-state index contributed by atoms with van der Waals surface area (Å²) in [7, 11) is 0. The summed E-state index contributed by atoms with van der Waals surface area (Å²) in [5.41, 5.74) is 14.6. The fourth-order valence-corrected chi connectivity index (χ4v) is 8.19. The van der Waals surface area contributed by atoms with E-state index in [4.69, 9.17) is 45.0 Å². The summed E-state index contributed by atoms with van der Waals surface area (Å²) in [6.45, 7) is 7.00. The van der Waals surface area contributed by atoms with Gasteiger partial charge in [-0.2, -0.15) is 10.2 Å². The Morgan fingerprint density at radius 3 is 1.59 bits per heavy atom. The Morgan fingerprint density at radius 2 is 1.10 bits per heavy atom. The van der Waals surface area contributed by atoms with Gasteiger partial charge < -0.3 is 10.2 Å². The summed E-state index contributed by atoms with van der Waals surface area (Å²) < 4.78 is 4.13. The molecule has 0 aliphatic carbocycles. The highest BCUT2D eigenvalue weighted by Crippen LogP contribution is 2.37. The zero-order chi connectivity index (χ0) is 43.9. The normalized spacial score (nSPS) is 12.4. The molecule has 0 radical (unpaired) electrons. The average Bonchev–Trinajstić information content (AvgIpc) is 4.12. The summed E-state index contributed by atoms with van der Waals surface area (Å²) in [5, 5.41) is 14.2.